The van der Waals surface area contributed by atoms with E-state index in [9.17, 15) is 4.39 Å². The Balaban J connectivity index is 2.13. The van der Waals surface area contributed by atoms with Gasteiger partial charge in [-0.15, -0.1) is 0 Å². The minimum Gasteiger partial charge on any atom is -0.315 e. The van der Waals surface area contributed by atoms with Gasteiger partial charge in [0, 0.05) is 25.7 Å². The molecule has 0 amide bonds. The largest absolute Gasteiger partial charge is 0.315 e. The van der Waals surface area contributed by atoms with Crippen molar-refractivity contribution in [2.75, 3.05) is 26.2 Å². The molecule has 1 aliphatic heterocycles. The van der Waals surface area contributed by atoms with Crippen molar-refractivity contribution in [3.63, 3.8) is 0 Å². The molecule has 0 bridgehead atoms. The molecule has 2 nitrogen and oxygen atoms in total. The highest BCUT2D eigenvalue weighted by molar-refractivity contribution is 5.25. The normalized spacial score (nSPS) is 23.7. The summed E-state index contributed by atoms with van der Waals surface area (Å²) < 4.78 is 13.6. The molecule has 2 atom stereocenters. The van der Waals surface area contributed by atoms with Gasteiger partial charge < -0.3 is 5.32 Å². The molecule has 1 fully saturated rings. The first-order valence-corrected chi connectivity index (χ1v) is 6.78. The van der Waals surface area contributed by atoms with Gasteiger partial charge in [-0.1, -0.05) is 19.1 Å². The molecule has 1 aromatic rings. The molecule has 18 heavy (non-hydrogen) atoms. The Labute approximate surface area is 109 Å². The Morgan fingerprint density at radius 1 is 1.44 bits per heavy atom. The maximum atomic E-state index is 13.6. The maximum absolute atomic E-state index is 13.6. The van der Waals surface area contributed by atoms with Gasteiger partial charge >= 0.3 is 0 Å². The summed E-state index contributed by atoms with van der Waals surface area (Å²) in [4.78, 5) is 2.44. The van der Waals surface area contributed by atoms with Gasteiger partial charge in [0.05, 0.1) is 0 Å². The van der Waals surface area contributed by atoms with E-state index in [-0.39, 0.29) is 11.9 Å². The zero-order valence-electron chi connectivity index (χ0n) is 11.5. The fourth-order valence-corrected chi connectivity index (χ4v) is 2.56. The minimum atomic E-state index is -0.0969. The number of aryl methyl sites for hydroxylation is 1. The lowest BCUT2D eigenvalue weighted by molar-refractivity contribution is 0.204. The fraction of sp³-hybridized carbons (Fsp3) is 0.600. The van der Waals surface area contributed by atoms with E-state index in [4.69, 9.17) is 0 Å². The Hall–Kier alpha value is -0.930. The summed E-state index contributed by atoms with van der Waals surface area (Å²) in [7, 11) is 0. The highest BCUT2D eigenvalue weighted by Gasteiger charge is 2.20. The van der Waals surface area contributed by atoms with E-state index in [1.165, 1.54) is 0 Å². The molecule has 100 valence electrons. The van der Waals surface area contributed by atoms with Crippen molar-refractivity contribution >= 4 is 0 Å². The van der Waals surface area contributed by atoms with Gasteiger partial charge in [0.1, 0.15) is 5.82 Å². The second-order valence-corrected chi connectivity index (χ2v) is 5.49. The third kappa shape index (κ3) is 3.09. The lowest BCUT2D eigenvalue weighted by Gasteiger charge is -2.29. The molecule has 2 rings (SSSR count). The molecule has 0 aliphatic carbocycles. The van der Waals surface area contributed by atoms with E-state index in [2.05, 4.69) is 24.1 Å². The highest BCUT2D eigenvalue weighted by atomic mass is 19.1. The SMILES string of the molecule is Cc1ccc(C(C)N2CCNCC(C)C2)cc1F. The van der Waals surface area contributed by atoms with Gasteiger partial charge in [0.2, 0.25) is 0 Å². The number of hydrogen-bond donors (Lipinski definition) is 1. The molecular weight excluding hydrogens is 227 g/mol. The summed E-state index contributed by atoms with van der Waals surface area (Å²) >= 11 is 0. The third-order valence-corrected chi connectivity index (χ3v) is 3.84. The first-order valence-electron chi connectivity index (χ1n) is 6.78. The second-order valence-electron chi connectivity index (χ2n) is 5.49. The molecule has 1 aromatic carbocycles. The van der Waals surface area contributed by atoms with Crippen LogP contribution in [0.4, 0.5) is 4.39 Å². The number of nitrogens with one attached hydrogen (secondary N) is 1. The van der Waals surface area contributed by atoms with Gasteiger partial charge in [-0.05, 0) is 43.5 Å². The van der Waals surface area contributed by atoms with Gasteiger partial charge in [-0.2, -0.15) is 0 Å². The number of halogens is 1. The summed E-state index contributed by atoms with van der Waals surface area (Å²) in [6.45, 7) is 10.4. The zero-order valence-corrected chi connectivity index (χ0v) is 11.5. The van der Waals surface area contributed by atoms with E-state index in [1.54, 1.807) is 6.07 Å². The summed E-state index contributed by atoms with van der Waals surface area (Å²) in [5.41, 5.74) is 1.80. The number of hydrogen-bond acceptors (Lipinski definition) is 2. The summed E-state index contributed by atoms with van der Waals surface area (Å²) in [5, 5.41) is 3.44. The summed E-state index contributed by atoms with van der Waals surface area (Å²) in [5.74, 6) is 0.547. The van der Waals surface area contributed by atoms with Crippen molar-refractivity contribution < 1.29 is 4.39 Å². The van der Waals surface area contributed by atoms with Crippen molar-refractivity contribution in [3.8, 4) is 0 Å². The first-order chi connectivity index (χ1) is 8.58. The Bertz CT molecular complexity index is 405. The van der Waals surface area contributed by atoms with Gasteiger partial charge in [0.25, 0.3) is 0 Å². The minimum absolute atomic E-state index is 0.0969. The van der Waals surface area contributed by atoms with Crippen molar-refractivity contribution in [3.05, 3.63) is 35.1 Å². The Kier molecular flexibility index (Phi) is 4.36. The smallest absolute Gasteiger partial charge is 0.126 e. The van der Waals surface area contributed by atoms with Crippen LogP contribution in [0.15, 0.2) is 18.2 Å². The molecule has 1 aliphatic rings. The van der Waals surface area contributed by atoms with E-state index in [0.29, 0.717) is 5.92 Å². The molecule has 1 heterocycles. The molecule has 1 saturated heterocycles. The molecule has 0 spiro atoms. The van der Waals surface area contributed by atoms with Crippen molar-refractivity contribution in [1.82, 2.24) is 10.2 Å². The third-order valence-electron chi connectivity index (χ3n) is 3.84. The second kappa shape index (κ2) is 5.81. The van der Waals surface area contributed by atoms with Gasteiger partial charge in [-0.3, -0.25) is 4.90 Å². The van der Waals surface area contributed by atoms with Crippen LogP contribution in [0.2, 0.25) is 0 Å². The van der Waals surface area contributed by atoms with E-state index in [1.807, 2.05) is 19.1 Å². The standard InChI is InChI=1S/C15H23FN2/c1-11-9-17-6-7-18(10-11)13(3)14-5-4-12(2)15(16)8-14/h4-5,8,11,13,17H,6-7,9-10H2,1-3H3. The van der Waals surface area contributed by atoms with Crippen molar-refractivity contribution in [2.45, 2.75) is 26.8 Å². The highest BCUT2D eigenvalue weighted by Crippen LogP contribution is 2.23. The molecule has 1 N–H and O–H groups in total. The topological polar surface area (TPSA) is 15.3 Å². The zero-order chi connectivity index (χ0) is 13.1. The van der Waals surface area contributed by atoms with Crippen LogP contribution in [0.25, 0.3) is 0 Å². The number of rotatable bonds is 2. The lowest BCUT2D eigenvalue weighted by atomic mass is 10.0. The number of nitrogens with zero attached hydrogens (tertiary/aromatic N) is 1. The van der Waals surface area contributed by atoms with Crippen LogP contribution in [0, 0.1) is 18.7 Å². The Morgan fingerprint density at radius 2 is 2.22 bits per heavy atom. The van der Waals surface area contributed by atoms with Gasteiger partial charge in [-0.25, -0.2) is 4.39 Å². The van der Waals surface area contributed by atoms with E-state index in [0.717, 1.165) is 37.3 Å². The summed E-state index contributed by atoms with van der Waals surface area (Å²) in [6.07, 6.45) is 0. The van der Waals surface area contributed by atoms with Crippen LogP contribution in [0.3, 0.4) is 0 Å². The van der Waals surface area contributed by atoms with Crippen molar-refractivity contribution in [1.29, 1.82) is 0 Å². The average molecular weight is 250 g/mol. The molecule has 0 radical (unpaired) electrons. The first kappa shape index (κ1) is 13.5. The maximum Gasteiger partial charge on any atom is 0.126 e. The number of benzene rings is 1. The van der Waals surface area contributed by atoms with Crippen LogP contribution in [-0.4, -0.2) is 31.1 Å². The van der Waals surface area contributed by atoms with Crippen LogP contribution in [-0.2, 0) is 0 Å². The predicted octanol–water partition coefficient (Wildman–Crippen LogP) is 2.74. The molecule has 2 unspecified atom stereocenters. The van der Waals surface area contributed by atoms with E-state index < -0.39 is 0 Å². The molecule has 0 aromatic heterocycles. The monoisotopic (exact) mass is 250 g/mol. The predicted molar refractivity (Wildman–Crippen MR) is 73.2 cm³/mol. The quantitative estimate of drug-likeness (QED) is 0.868. The van der Waals surface area contributed by atoms with Gasteiger partial charge in [0.15, 0.2) is 0 Å². The molecular formula is C15H23FN2. The van der Waals surface area contributed by atoms with Crippen LogP contribution >= 0.6 is 0 Å². The molecule has 3 heteroatoms. The average Bonchev–Trinajstić information content (AvgIpc) is 2.56. The van der Waals surface area contributed by atoms with E-state index >= 15 is 0 Å². The van der Waals surface area contributed by atoms with Crippen molar-refractivity contribution in [2.24, 2.45) is 5.92 Å². The van der Waals surface area contributed by atoms with Crippen LogP contribution < -0.4 is 5.32 Å². The van der Waals surface area contributed by atoms with Crippen LogP contribution in [0.1, 0.15) is 31.0 Å². The summed E-state index contributed by atoms with van der Waals surface area (Å²) in [6, 6.07) is 5.89. The molecule has 0 saturated carbocycles. The Morgan fingerprint density at radius 3 is 2.94 bits per heavy atom. The van der Waals surface area contributed by atoms with Crippen LogP contribution in [0.5, 0.6) is 0 Å². The fourth-order valence-electron chi connectivity index (χ4n) is 2.56. The lowest BCUT2D eigenvalue weighted by Crippen LogP contribution is -2.32.